The molecule has 1 fully saturated rings. The number of likely N-dealkylation sites (N-methyl/N-ethyl adjacent to an activating group) is 1. The van der Waals surface area contributed by atoms with Gasteiger partial charge in [-0.2, -0.15) is 0 Å². The maximum Gasteiger partial charge on any atom is 0.251 e. The average Bonchev–Trinajstić information content (AvgIpc) is 2.97. The molecule has 0 bridgehead atoms. The van der Waals surface area contributed by atoms with E-state index in [4.69, 9.17) is 4.74 Å². The summed E-state index contributed by atoms with van der Waals surface area (Å²) in [6, 6.07) is 5.31. The molecular formula is C15H21N3O3. The molecule has 1 aromatic rings. The Morgan fingerprint density at radius 3 is 2.67 bits per heavy atom. The first kappa shape index (κ1) is 15.5. The zero-order valence-corrected chi connectivity index (χ0v) is 12.5. The van der Waals surface area contributed by atoms with Crippen molar-refractivity contribution in [1.82, 2.24) is 10.6 Å². The molecule has 21 heavy (non-hydrogen) atoms. The summed E-state index contributed by atoms with van der Waals surface area (Å²) in [5.74, 6) is -0.483. The number of amides is 2. The fourth-order valence-electron chi connectivity index (χ4n) is 2.47. The Kier molecular flexibility index (Phi) is 4.93. The Morgan fingerprint density at radius 2 is 2.00 bits per heavy atom. The number of ether oxygens (including phenoxy) is 1. The highest BCUT2D eigenvalue weighted by Gasteiger charge is 2.33. The number of carbonyl (C=O) groups excluding carboxylic acids is 2. The molecule has 3 N–H and O–H groups in total. The molecule has 1 aliphatic rings. The van der Waals surface area contributed by atoms with Crippen LogP contribution < -0.4 is 16.0 Å². The average molecular weight is 291 g/mol. The molecule has 0 aromatic heterocycles. The van der Waals surface area contributed by atoms with Gasteiger partial charge in [0.2, 0.25) is 5.91 Å². The zero-order chi connectivity index (χ0) is 15.4. The second-order valence-corrected chi connectivity index (χ2v) is 5.09. The first-order valence-electron chi connectivity index (χ1n) is 6.96. The van der Waals surface area contributed by atoms with Gasteiger partial charge in [0.25, 0.3) is 5.91 Å². The van der Waals surface area contributed by atoms with Crippen molar-refractivity contribution < 1.29 is 14.3 Å². The Morgan fingerprint density at radius 1 is 1.24 bits per heavy atom. The van der Waals surface area contributed by atoms with E-state index in [1.165, 1.54) is 0 Å². The van der Waals surface area contributed by atoms with Crippen molar-refractivity contribution in [2.24, 2.45) is 5.92 Å². The molecule has 0 saturated carbocycles. The number of nitrogens with one attached hydrogen (secondary N) is 3. The van der Waals surface area contributed by atoms with Crippen molar-refractivity contribution in [3.8, 4) is 0 Å². The van der Waals surface area contributed by atoms with Gasteiger partial charge in [-0.15, -0.1) is 0 Å². The molecule has 0 spiro atoms. The van der Waals surface area contributed by atoms with Gasteiger partial charge in [-0.05, 0) is 31.7 Å². The van der Waals surface area contributed by atoms with E-state index in [1.807, 2.05) is 14.0 Å². The van der Waals surface area contributed by atoms with E-state index in [-0.39, 0.29) is 23.8 Å². The van der Waals surface area contributed by atoms with Crippen LogP contribution in [-0.2, 0) is 9.53 Å². The van der Waals surface area contributed by atoms with Crippen molar-refractivity contribution >= 4 is 17.5 Å². The van der Waals surface area contributed by atoms with Gasteiger partial charge in [0.15, 0.2) is 0 Å². The number of benzene rings is 1. The summed E-state index contributed by atoms with van der Waals surface area (Å²) >= 11 is 0. The lowest BCUT2D eigenvalue weighted by Crippen LogP contribution is -2.39. The van der Waals surface area contributed by atoms with Gasteiger partial charge >= 0.3 is 0 Å². The molecule has 2 amide bonds. The van der Waals surface area contributed by atoms with Crippen LogP contribution in [0.1, 0.15) is 15.9 Å². The van der Waals surface area contributed by atoms with E-state index < -0.39 is 0 Å². The van der Waals surface area contributed by atoms with Crippen LogP contribution >= 0.6 is 0 Å². The van der Waals surface area contributed by atoms with Gasteiger partial charge in [0.1, 0.15) is 0 Å². The molecule has 0 radical (unpaired) electrons. The van der Waals surface area contributed by atoms with Crippen LogP contribution in [0.3, 0.4) is 0 Å². The maximum absolute atomic E-state index is 12.4. The number of hydrogen-bond donors (Lipinski definition) is 3. The second kappa shape index (κ2) is 6.69. The topological polar surface area (TPSA) is 79.5 Å². The standard InChI is InChI=1S/C15H21N3O3/c1-9-10(14(19)17-3)5-4-6-12(9)18-15(20)11-7-21-8-13(11)16-2/h4-6,11,13,16H,7-8H2,1-3H3,(H,17,19)(H,18,20). The Hall–Kier alpha value is -1.92. The lowest BCUT2D eigenvalue weighted by molar-refractivity contribution is -0.120. The molecule has 1 heterocycles. The van der Waals surface area contributed by atoms with E-state index in [0.717, 1.165) is 5.56 Å². The van der Waals surface area contributed by atoms with Crippen molar-refractivity contribution in [2.45, 2.75) is 13.0 Å². The molecule has 1 aromatic carbocycles. The summed E-state index contributed by atoms with van der Waals surface area (Å²) in [5.41, 5.74) is 1.97. The molecule has 6 nitrogen and oxygen atoms in total. The fourth-order valence-corrected chi connectivity index (χ4v) is 2.47. The lowest BCUT2D eigenvalue weighted by Gasteiger charge is -2.18. The second-order valence-electron chi connectivity index (χ2n) is 5.09. The predicted molar refractivity (Wildman–Crippen MR) is 80.4 cm³/mol. The first-order valence-corrected chi connectivity index (χ1v) is 6.96. The lowest BCUT2D eigenvalue weighted by atomic mass is 10.0. The van der Waals surface area contributed by atoms with Gasteiger partial charge < -0.3 is 20.7 Å². The van der Waals surface area contributed by atoms with Crippen LogP contribution in [0.4, 0.5) is 5.69 Å². The fraction of sp³-hybridized carbons (Fsp3) is 0.467. The van der Waals surface area contributed by atoms with Gasteiger partial charge in [-0.1, -0.05) is 6.07 Å². The largest absolute Gasteiger partial charge is 0.379 e. The zero-order valence-electron chi connectivity index (χ0n) is 12.5. The quantitative estimate of drug-likeness (QED) is 0.756. The Labute approximate surface area is 124 Å². The van der Waals surface area contributed by atoms with E-state index in [2.05, 4.69) is 16.0 Å². The molecule has 2 unspecified atom stereocenters. The number of anilines is 1. The van der Waals surface area contributed by atoms with Crippen LogP contribution in [0.15, 0.2) is 18.2 Å². The minimum Gasteiger partial charge on any atom is -0.379 e. The Bertz CT molecular complexity index is 545. The van der Waals surface area contributed by atoms with Gasteiger partial charge in [0, 0.05) is 24.3 Å². The highest BCUT2D eigenvalue weighted by Crippen LogP contribution is 2.21. The highest BCUT2D eigenvalue weighted by molar-refractivity contribution is 5.99. The van der Waals surface area contributed by atoms with Gasteiger partial charge in [-0.25, -0.2) is 0 Å². The number of hydrogen-bond acceptors (Lipinski definition) is 4. The van der Waals surface area contributed by atoms with Crippen LogP contribution in [0.2, 0.25) is 0 Å². The summed E-state index contributed by atoms with van der Waals surface area (Å²) in [7, 11) is 3.40. The summed E-state index contributed by atoms with van der Waals surface area (Å²) in [5, 5.41) is 8.57. The van der Waals surface area contributed by atoms with E-state index >= 15 is 0 Å². The predicted octanol–water partition coefficient (Wildman–Crippen LogP) is 0.528. The van der Waals surface area contributed by atoms with E-state index in [0.29, 0.717) is 24.5 Å². The monoisotopic (exact) mass is 291 g/mol. The maximum atomic E-state index is 12.4. The van der Waals surface area contributed by atoms with E-state index in [9.17, 15) is 9.59 Å². The smallest absolute Gasteiger partial charge is 0.251 e. The van der Waals surface area contributed by atoms with Gasteiger partial charge in [-0.3, -0.25) is 9.59 Å². The van der Waals surface area contributed by atoms with Crippen LogP contribution in [0.25, 0.3) is 0 Å². The minimum absolute atomic E-state index is 0.0208. The summed E-state index contributed by atoms with van der Waals surface area (Å²) in [4.78, 5) is 24.1. The van der Waals surface area contributed by atoms with Crippen LogP contribution in [0.5, 0.6) is 0 Å². The molecular weight excluding hydrogens is 270 g/mol. The molecule has 6 heteroatoms. The molecule has 1 saturated heterocycles. The summed E-state index contributed by atoms with van der Waals surface area (Å²) in [6.45, 7) is 2.76. The number of carbonyl (C=O) groups is 2. The van der Waals surface area contributed by atoms with E-state index in [1.54, 1.807) is 25.2 Å². The molecule has 0 aliphatic carbocycles. The third-order valence-corrected chi connectivity index (χ3v) is 3.85. The molecule has 1 aliphatic heterocycles. The molecule has 114 valence electrons. The third-order valence-electron chi connectivity index (χ3n) is 3.85. The minimum atomic E-state index is -0.224. The Balaban J connectivity index is 2.16. The summed E-state index contributed by atoms with van der Waals surface area (Å²) < 4.78 is 5.34. The van der Waals surface area contributed by atoms with Crippen LogP contribution in [0, 0.1) is 12.8 Å². The molecule has 2 rings (SSSR count). The highest BCUT2D eigenvalue weighted by atomic mass is 16.5. The third kappa shape index (κ3) is 3.22. The van der Waals surface area contributed by atoms with Crippen molar-refractivity contribution in [3.63, 3.8) is 0 Å². The summed E-state index contributed by atoms with van der Waals surface area (Å²) in [6.07, 6.45) is 0. The number of rotatable bonds is 4. The van der Waals surface area contributed by atoms with Crippen LogP contribution in [-0.4, -0.2) is 45.2 Å². The normalized spacial score (nSPS) is 21.1. The molecule has 2 atom stereocenters. The van der Waals surface area contributed by atoms with Crippen molar-refractivity contribution in [2.75, 3.05) is 32.6 Å². The van der Waals surface area contributed by atoms with Crippen molar-refractivity contribution in [1.29, 1.82) is 0 Å². The first-order chi connectivity index (χ1) is 10.1. The van der Waals surface area contributed by atoms with Crippen molar-refractivity contribution in [3.05, 3.63) is 29.3 Å². The SMILES string of the molecule is CNC(=O)c1cccc(NC(=O)C2COCC2NC)c1C. The van der Waals surface area contributed by atoms with Gasteiger partial charge in [0.05, 0.1) is 19.1 Å².